The molecular weight excluding hydrogens is 387 g/mol. The molecule has 6 heteroatoms. The van der Waals surface area contributed by atoms with Crippen molar-refractivity contribution in [3.8, 4) is 23.1 Å². The van der Waals surface area contributed by atoms with Crippen molar-refractivity contribution in [1.29, 1.82) is 0 Å². The lowest BCUT2D eigenvalue weighted by Crippen LogP contribution is -2.14. The first-order valence-electron chi connectivity index (χ1n) is 9.47. The van der Waals surface area contributed by atoms with Crippen molar-refractivity contribution < 1.29 is 12.8 Å². The summed E-state index contributed by atoms with van der Waals surface area (Å²) in [6.07, 6.45) is 3.75. The molecule has 4 rings (SSSR count). The van der Waals surface area contributed by atoms with Gasteiger partial charge in [0, 0.05) is 29.8 Å². The second-order valence-corrected chi connectivity index (χ2v) is 8.93. The van der Waals surface area contributed by atoms with Crippen LogP contribution >= 0.6 is 0 Å². The van der Waals surface area contributed by atoms with E-state index in [0.717, 1.165) is 22.4 Å². The Kier molecular flexibility index (Phi) is 5.27. The second-order valence-electron chi connectivity index (χ2n) is 7.12. The molecule has 2 aromatic carbocycles. The van der Waals surface area contributed by atoms with Gasteiger partial charge < -0.3 is 5.32 Å². The van der Waals surface area contributed by atoms with Crippen LogP contribution in [0.15, 0.2) is 65.7 Å². The summed E-state index contributed by atoms with van der Waals surface area (Å²) in [7, 11) is -2.15. The molecule has 148 valence electrons. The molecule has 1 N–H and O–H groups in total. The Hall–Kier alpha value is -2.88. The topological polar surface area (TPSA) is 51.1 Å². The fourth-order valence-corrected chi connectivity index (χ4v) is 4.56. The molecule has 0 unspecified atom stereocenters. The van der Waals surface area contributed by atoms with Gasteiger partial charge in [-0.1, -0.05) is 30.0 Å². The Labute approximate surface area is 170 Å². The van der Waals surface area contributed by atoms with Gasteiger partial charge in [0.2, 0.25) is 0 Å². The minimum atomic E-state index is -3.92. The summed E-state index contributed by atoms with van der Waals surface area (Å²) < 4.78 is 42.5. The van der Waals surface area contributed by atoms with Crippen LogP contribution in [-0.4, -0.2) is 19.4 Å². The molecule has 0 spiro atoms. The molecule has 1 aromatic heterocycles. The predicted octanol–water partition coefficient (Wildman–Crippen LogP) is 4.01. The summed E-state index contributed by atoms with van der Waals surface area (Å²) in [6, 6.07) is 14.5. The van der Waals surface area contributed by atoms with E-state index in [1.165, 1.54) is 12.3 Å². The molecule has 0 aliphatic heterocycles. The molecule has 0 radical (unpaired) electrons. The molecule has 1 aliphatic carbocycles. The third-order valence-electron chi connectivity index (χ3n) is 4.76. The Morgan fingerprint density at radius 3 is 2.66 bits per heavy atom. The number of hydrogen-bond acceptors (Lipinski definition) is 3. The molecule has 29 heavy (non-hydrogen) atoms. The van der Waals surface area contributed by atoms with E-state index in [1.807, 2.05) is 0 Å². The largest absolute Gasteiger partial charge is 0.316 e. The Morgan fingerprint density at radius 2 is 1.93 bits per heavy atom. The van der Waals surface area contributed by atoms with Crippen molar-refractivity contribution in [1.82, 2.24) is 9.29 Å². The molecule has 4 nitrogen and oxygen atoms in total. The summed E-state index contributed by atoms with van der Waals surface area (Å²) in [5, 5.41) is 3.00. The van der Waals surface area contributed by atoms with Crippen LogP contribution in [0, 0.1) is 23.6 Å². The van der Waals surface area contributed by atoms with Gasteiger partial charge in [0.05, 0.1) is 10.6 Å². The fourth-order valence-electron chi connectivity index (χ4n) is 3.12. The average molecular weight is 408 g/mol. The molecule has 1 heterocycles. The highest BCUT2D eigenvalue weighted by molar-refractivity contribution is 7.90. The van der Waals surface area contributed by atoms with E-state index in [1.54, 1.807) is 55.6 Å². The zero-order valence-corrected chi connectivity index (χ0v) is 16.8. The first kappa shape index (κ1) is 19.4. The van der Waals surface area contributed by atoms with Crippen LogP contribution in [0.1, 0.15) is 24.0 Å². The van der Waals surface area contributed by atoms with Crippen molar-refractivity contribution in [3.05, 3.63) is 77.7 Å². The first-order chi connectivity index (χ1) is 14.0. The number of nitrogens with one attached hydrogen (secondary N) is 1. The highest BCUT2D eigenvalue weighted by atomic mass is 32.2. The molecule has 0 saturated heterocycles. The van der Waals surface area contributed by atoms with E-state index in [4.69, 9.17) is 0 Å². The highest BCUT2D eigenvalue weighted by Gasteiger charge is 2.23. The van der Waals surface area contributed by atoms with E-state index in [-0.39, 0.29) is 10.5 Å². The van der Waals surface area contributed by atoms with Gasteiger partial charge >= 0.3 is 0 Å². The van der Waals surface area contributed by atoms with E-state index in [9.17, 15) is 12.8 Å². The van der Waals surface area contributed by atoms with Gasteiger partial charge in [-0.2, -0.15) is 0 Å². The third-order valence-corrected chi connectivity index (χ3v) is 6.43. The van der Waals surface area contributed by atoms with Crippen LogP contribution in [-0.2, 0) is 16.6 Å². The SMILES string of the molecule is CNCc1cc(-c2ccccc2F)n(S(=O)(=O)c2cccc(C#CC3CC3)c2)c1. The smallest absolute Gasteiger partial charge is 0.268 e. The lowest BCUT2D eigenvalue weighted by atomic mass is 10.1. The number of aromatic nitrogens is 1. The third kappa shape index (κ3) is 4.12. The predicted molar refractivity (Wildman–Crippen MR) is 111 cm³/mol. The normalized spacial score (nSPS) is 13.7. The van der Waals surface area contributed by atoms with Crippen molar-refractivity contribution in [2.24, 2.45) is 5.92 Å². The monoisotopic (exact) mass is 408 g/mol. The quantitative estimate of drug-likeness (QED) is 0.649. The minimum Gasteiger partial charge on any atom is -0.316 e. The van der Waals surface area contributed by atoms with E-state index < -0.39 is 15.8 Å². The van der Waals surface area contributed by atoms with Gasteiger partial charge in [-0.25, -0.2) is 16.8 Å². The Bertz CT molecular complexity index is 1210. The van der Waals surface area contributed by atoms with E-state index >= 15 is 0 Å². The van der Waals surface area contributed by atoms with Crippen molar-refractivity contribution in [3.63, 3.8) is 0 Å². The highest BCUT2D eigenvalue weighted by Crippen LogP contribution is 2.30. The van der Waals surface area contributed by atoms with E-state index in [0.29, 0.717) is 23.7 Å². The van der Waals surface area contributed by atoms with Gasteiger partial charge in [-0.05, 0) is 61.9 Å². The minimum absolute atomic E-state index is 0.129. The van der Waals surface area contributed by atoms with Crippen molar-refractivity contribution in [2.75, 3.05) is 7.05 Å². The van der Waals surface area contributed by atoms with Crippen LogP contribution in [0.5, 0.6) is 0 Å². The second kappa shape index (κ2) is 7.86. The summed E-state index contributed by atoms with van der Waals surface area (Å²) in [5.74, 6) is 6.16. The molecule has 0 bridgehead atoms. The van der Waals surface area contributed by atoms with Crippen LogP contribution in [0.3, 0.4) is 0 Å². The summed E-state index contributed by atoms with van der Waals surface area (Å²) in [4.78, 5) is 0.129. The van der Waals surface area contributed by atoms with Crippen molar-refractivity contribution in [2.45, 2.75) is 24.3 Å². The molecule has 3 aromatic rings. The molecular formula is C23H21FN2O2S. The van der Waals surface area contributed by atoms with Gasteiger partial charge in [0.25, 0.3) is 10.0 Å². The lowest BCUT2D eigenvalue weighted by Gasteiger charge is -2.11. The van der Waals surface area contributed by atoms with Crippen LogP contribution < -0.4 is 5.32 Å². The van der Waals surface area contributed by atoms with E-state index in [2.05, 4.69) is 17.2 Å². The molecule has 1 saturated carbocycles. The maximum atomic E-state index is 14.4. The number of hydrogen-bond donors (Lipinski definition) is 1. The maximum absolute atomic E-state index is 14.4. The van der Waals surface area contributed by atoms with Gasteiger partial charge in [0.15, 0.2) is 0 Å². The summed E-state index contributed by atoms with van der Waals surface area (Å²) in [5.41, 5.74) is 1.94. The zero-order chi connectivity index (χ0) is 20.4. The zero-order valence-electron chi connectivity index (χ0n) is 16.0. The van der Waals surface area contributed by atoms with Crippen LogP contribution in [0.4, 0.5) is 4.39 Å². The fraction of sp³-hybridized carbons (Fsp3) is 0.217. The standard InChI is InChI=1S/C23H21FN2O2S/c1-25-15-19-14-23(21-7-2-3-8-22(21)24)26(16-19)29(27,28)20-6-4-5-18(13-20)12-11-17-9-10-17/h2-8,13-14,16-17,25H,9-10,15H2,1H3. The molecule has 1 fully saturated rings. The van der Waals surface area contributed by atoms with Gasteiger partial charge in [0.1, 0.15) is 5.82 Å². The number of nitrogens with zero attached hydrogens (tertiary/aromatic N) is 1. The molecule has 1 aliphatic rings. The van der Waals surface area contributed by atoms with Crippen LogP contribution in [0.25, 0.3) is 11.3 Å². The molecule has 0 atom stereocenters. The van der Waals surface area contributed by atoms with Gasteiger partial charge in [-0.15, -0.1) is 0 Å². The maximum Gasteiger partial charge on any atom is 0.268 e. The Morgan fingerprint density at radius 1 is 1.14 bits per heavy atom. The lowest BCUT2D eigenvalue weighted by molar-refractivity contribution is 0.587. The van der Waals surface area contributed by atoms with Crippen molar-refractivity contribution >= 4 is 10.0 Å². The summed E-state index contributed by atoms with van der Waals surface area (Å²) in [6.45, 7) is 0.469. The Balaban J connectivity index is 1.82. The first-order valence-corrected chi connectivity index (χ1v) is 10.9. The van der Waals surface area contributed by atoms with Crippen LogP contribution in [0.2, 0.25) is 0 Å². The number of halogens is 1. The number of benzene rings is 2. The number of rotatable bonds is 5. The average Bonchev–Trinajstić information content (AvgIpc) is 3.45. The summed E-state index contributed by atoms with van der Waals surface area (Å²) >= 11 is 0. The molecule has 0 amide bonds. The van der Waals surface area contributed by atoms with Gasteiger partial charge in [-0.3, -0.25) is 0 Å².